The highest BCUT2D eigenvalue weighted by atomic mass is 19.1. The lowest BCUT2D eigenvalue weighted by atomic mass is 10.0. The summed E-state index contributed by atoms with van der Waals surface area (Å²) >= 11 is 0. The van der Waals surface area contributed by atoms with Crippen LogP contribution < -0.4 is 4.84 Å². The minimum Gasteiger partial charge on any atom is -0.405 e. The molecule has 4 aromatic rings. The number of Topliss-reactive ketones (excluding diaryl/α,β-unsaturated/α-hetero) is 1. The predicted octanol–water partition coefficient (Wildman–Crippen LogP) is 3.92. The van der Waals surface area contributed by atoms with Gasteiger partial charge in [0.2, 0.25) is 0 Å². The Hall–Kier alpha value is -3.54. The number of hydrogen-bond donors (Lipinski definition) is 0. The van der Waals surface area contributed by atoms with Gasteiger partial charge in [0.1, 0.15) is 16.9 Å². The molecule has 0 fully saturated rings. The van der Waals surface area contributed by atoms with Crippen LogP contribution in [0.2, 0.25) is 0 Å². The summed E-state index contributed by atoms with van der Waals surface area (Å²) in [6.07, 6.45) is 5.06. The van der Waals surface area contributed by atoms with Gasteiger partial charge in [0.05, 0.1) is 5.69 Å². The first-order chi connectivity index (χ1) is 13.1. The standard InChI is InChI=1S/C21H16FN3O2/c1-14(26)13-27-25-18-3-2-10-24-20(18)19(15-4-6-17(22)7-5-15)21(25)16-8-11-23-12-9-16/h2-12H,13H2,1H3. The maximum atomic E-state index is 13.5. The topological polar surface area (TPSA) is 57.0 Å². The van der Waals surface area contributed by atoms with Gasteiger partial charge < -0.3 is 4.84 Å². The Balaban J connectivity index is 2.05. The molecule has 4 rings (SSSR count). The number of rotatable bonds is 5. The molecule has 0 bridgehead atoms. The van der Waals surface area contributed by atoms with Crippen molar-refractivity contribution in [2.45, 2.75) is 6.92 Å². The number of benzene rings is 1. The molecule has 3 heterocycles. The third-order valence-corrected chi connectivity index (χ3v) is 4.17. The van der Waals surface area contributed by atoms with Crippen molar-refractivity contribution in [2.75, 3.05) is 6.61 Å². The molecule has 0 aliphatic rings. The lowest BCUT2D eigenvalue weighted by molar-refractivity contribution is -0.121. The second kappa shape index (κ2) is 6.99. The zero-order valence-corrected chi connectivity index (χ0v) is 14.6. The van der Waals surface area contributed by atoms with Gasteiger partial charge in [-0.25, -0.2) is 4.39 Å². The fraction of sp³-hybridized carbons (Fsp3) is 0.0952. The maximum absolute atomic E-state index is 13.5. The molecule has 0 aliphatic heterocycles. The predicted molar refractivity (Wildman–Crippen MR) is 100 cm³/mol. The summed E-state index contributed by atoms with van der Waals surface area (Å²) in [6, 6.07) is 13.6. The fourth-order valence-electron chi connectivity index (χ4n) is 3.04. The van der Waals surface area contributed by atoms with Crippen LogP contribution in [0.1, 0.15) is 6.92 Å². The zero-order valence-electron chi connectivity index (χ0n) is 14.6. The summed E-state index contributed by atoms with van der Waals surface area (Å²) in [5, 5.41) is 0. The molecule has 0 amide bonds. The minimum absolute atomic E-state index is 0.0698. The Kier molecular flexibility index (Phi) is 4.38. The van der Waals surface area contributed by atoms with Crippen molar-refractivity contribution >= 4 is 16.8 Å². The SMILES string of the molecule is CC(=O)COn1c(-c2ccncc2)c(-c2ccc(F)cc2)c2ncccc21. The molecule has 0 saturated carbocycles. The van der Waals surface area contributed by atoms with E-state index in [2.05, 4.69) is 9.97 Å². The van der Waals surface area contributed by atoms with Gasteiger partial charge in [0, 0.05) is 29.7 Å². The van der Waals surface area contributed by atoms with Crippen LogP contribution in [0.3, 0.4) is 0 Å². The first kappa shape index (κ1) is 16.9. The largest absolute Gasteiger partial charge is 0.405 e. The number of pyridine rings is 2. The van der Waals surface area contributed by atoms with Crippen LogP contribution in [-0.2, 0) is 4.79 Å². The number of aromatic nitrogens is 3. The van der Waals surface area contributed by atoms with Crippen molar-refractivity contribution in [3.63, 3.8) is 0 Å². The highest BCUT2D eigenvalue weighted by Crippen LogP contribution is 2.39. The third-order valence-electron chi connectivity index (χ3n) is 4.17. The van der Waals surface area contributed by atoms with Crippen LogP contribution in [0.15, 0.2) is 67.1 Å². The van der Waals surface area contributed by atoms with E-state index in [4.69, 9.17) is 4.84 Å². The fourth-order valence-corrected chi connectivity index (χ4v) is 3.04. The Bertz CT molecular complexity index is 1110. The van der Waals surface area contributed by atoms with Gasteiger partial charge >= 0.3 is 0 Å². The van der Waals surface area contributed by atoms with Crippen LogP contribution in [-0.4, -0.2) is 27.1 Å². The molecule has 0 spiro atoms. The second-order valence-corrected chi connectivity index (χ2v) is 6.11. The van der Waals surface area contributed by atoms with Gasteiger partial charge in [-0.2, -0.15) is 4.73 Å². The molecule has 1 aromatic carbocycles. The lowest BCUT2D eigenvalue weighted by Crippen LogP contribution is -2.18. The maximum Gasteiger partial charge on any atom is 0.172 e. The second-order valence-electron chi connectivity index (χ2n) is 6.11. The molecule has 0 aliphatic carbocycles. The summed E-state index contributed by atoms with van der Waals surface area (Å²) < 4.78 is 15.1. The van der Waals surface area contributed by atoms with Gasteiger partial charge in [-0.3, -0.25) is 14.8 Å². The number of hydrogen-bond acceptors (Lipinski definition) is 4. The number of ketones is 1. The Labute approximate surface area is 155 Å². The average Bonchev–Trinajstić information content (AvgIpc) is 3.02. The molecule has 0 atom stereocenters. The number of halogens is 1. The zero-order chi connectivity index (χ0) is 18.8. The molecule has 6 heteroatoms. The minimum atomic E-state index is -0.311. The van der Waals surface area contributed by atoms with E-state index in [0.717, 1.165) is 27.9 Å². The monoisotopic (exact) mass is 361 g/mol. The number of carbonyl (C=O) groups excluding carboxylic acids is 1. The van der Waals surface area contributed by atoms with Crippen LogP contribution in [0.25, 0.3) is 33.4 Å². The van der Waals surface area contributed by atoms with Crippen molar-refractivity contribution in [1.82, 2.24) is 14.7 Å². The quantitative estimate of drug-likeness (QED) is 0.541. The normalized spacial score (nSPS) is 10.9. The summed E-state index contributed by atoms with van der Waals surface area (Å²) in [5.74, 6) is -0.404. The molecule has 27 heavy (non-hydrogen) atoms. The van der Waals surface area contributed by atoms with Gasteiger partial charge in [-0.15, -0.1) is 0 Å². The molecule has 5 nitrogen and oxygen atoms in total. The van der Waals surface area contributed by atoms with E-state index in [9.17, 15) is 9.18 Å². The number of nitrogens with zero attached hydrogens (tertiary/aromatic N) is 3. The van der Waals surface area contributed by atoms with Gasteiger partial charge in [-0.1, -0.05) is 12.1 Å². The van der Waals surface area contributed by atoms with E-state index in [1.165, 1.54) is 19.1 Å². The van der Waals surface area contributed by atoms with Crippen LogP contribution >= 0.6 is 0 Å². The highest BCUT2D eigenvalue weighted by Gasteiger charge is 2.22. The molecule has 0 N–H and O–H groups in total. The average molecular weight is 361 g/mol. The Morgan fingerprint density at radius 3 is 2.48 bits per heavy atom. The van der Waals surface area contributed by atoms with E-state index in [1.807, 2.05) is 18.2 Å². The molecule has 3 aromatic heterocycles. The lowest BCUT2D eigenvalue weighted by Gasteiger charge is -2.12. The molecular formula is C21H16FN3O2. The van der Waals surface area contributed by atoms with Crippen molar-refractivity contribution in [1.29, 1.82) is 0 Å². The molecule has 0 saturated heterocycles. The first-order valence-electron chi connectivity index (χ1n) is 8.43. The molecule has 0 radical (unpaired) electrons. The van der Waals surface area contributed by atoms with Crippen molar-refractivity contribution < 1.29 is 14.0 Å². The van der Waals surface area contributed by atoms with Crippen LogP contribution in [0.5, 0.6) is 0 Å². The van der Waals surface area contributed by atoms with E-state index in [-0.39, 0.29) is 18.2 Å². The van der Waals surface area contributed by atoms with E-state index >= 15 is 0 Å². The summed E-state index contributed by atoms with van der Waals surface area (Å²) in [7, 11) is 0. The highest BCUT2D eigenvalue weighted by molar-refractivity contribution is 6.02. The molecule has 0 unspecified atom stereocenters. The van der Waals surface area contributed by atoms with E-state index in [1.54, 1.807) is 41.5 Å². The van der Waals surface area contributed by atoms with Crippen LogP contribution in [0.4, 0.5) is 4.39 Å². The van der Waals surface area contributed by atoms with Gasteiger partial charge in [0.25, 0.3) is 0 Å². The summed E-state index contributed by atoms with van der Waals surface area (Å²) in [5.41, 5.74) is 4.63. The van der Waals surface area contributed by atoms with Crippen molar-refractivity contribution in [3.05, 3.63) is 72.9 Å². The first-order valence-corrected chi connectivity index (χ1v) is 8.43. The van der Waals surface area contributed by atoms with E-state index in [0.29, 0.717) is 5.52 Å². The Morgan fingerprint density at radius 2 is 1.78 bits per heavy atom. The molecular weight excluding hydrogens is 345 g/mol. The van der Waals surface area contributed by atoms with Crippen molar-refractivity contribution in [3.8, 4) is 22.4 Å². The van der Waals surface area contributed by atoms with Gasteiger partial charge in [0.15, 0.2) is 12.4 Å². The summed E-state index contributed by atoms with van der Waals surface area (Å²) in [4.78, 5) is 25.9. The van der Waals surface area contributed by atoms with E-state index < -0.39 is 0 Å². The van der Waals surface area contributed by atoms with Crippen LogP contribution in [0, 0.1) is 5.82 Å². The van der Waals surface area contributed by atoms with Crippen molar-refractivity contribution in [2.24, 2.45) is 0 Å². The number of fused-ring (bicyclic) bond motifs is 1. The Morgan fingerprint density at radius 1 is 1.04 bits per heavy atom. The van der Waals surface area contributed by atoms with Gasteiger partial charge in [-0.05, 0) is 48.9 Å². The number of carbonyl (C=O) groups is 1. The third kappa shape index (κ3) is 3.17. The molecule has 134 valence electrons. The summed E-state index contributed by atoms with van der Waals surface area (Å²) in [6.45, 7) is 1.40. The smallest absolute Gasteiger partial charge is 0.172 e.